The molecule has 2 aromatic heterocycles. The van der Waals surface area contributed by atoms with Crippen molar-refractivity contribution in [2.75, 3.05) is 0 Å². The van der Waals surface area contributed by atoms with Crippen molar-refractivity contribution in [1.82, 2.24) is 19.7 Å². The molecule has 7 nitrogen and oxygen atoms in total. The Balaban J connectivity index is 2.40. The highest BCUT2D eigenvalue weighted by Gasteiger charge is 2.15. The lowest BCUT2D eigenvalue weighted by atomic mass is 10.2. The first kappa shape index (κ1) is 14.3. The molecule has 106 valence electrons. The molecule has 0 aliphatic carbocycles. The first-order valence-electron chi connectivity index (χ1n) is 5.95. The molecular weight excluding hydrogens is 280 g/mol. The van der Waals surface area contributed by atoms with E-state index in [1.807, 2.05) is 13.8 Å². The summed E-state index contributed by atoms with van der Waals surface area (Å²) in [6, 6.07) is 2.91. The highest BCUT2D eigenvalue weighted by molar-refractivity contribution is 7.99. The molecule has 2 heterocycles. The van der Waals surface area contributed by atoms with Crippen molar-refractivity contribution in [3.63, 3.8) is 0 Å². The van der Waals surface area contributed by atoms with Crippen LogP contribution in [0, 0.1) is 6.92 Å². The predicted octanol–water partition coefficient (Wildman–Crippen LogP) is 1.71. The summed E-state index contributed by atoms with van der Waals surface area (Å²) in [4.78, 5) is 26.9. The largest absolute Gasteiger partial charge is 0.478 e. The monoisotopic (exact) mass is 294 g/mol. The average Bonchev–Trinajstić information content (AvgIpc) is 2.69. The molecule has 0 aromatic carbocycles. The number of carboxylic acids is 1. The normalized spacial score (nSPS) is 11.0. The fourth-order valence-corrected chi connectivity index (χ4v) is 2.77. The van der Waals surface area contributed by atoms with Crippen LogP contribution < -0.4 is 5.69 Å². The van der Waals surface area contributed by atoms with Gasteiger partial charge in [-0.1, -0.05) is 0 Å². The van der Waals surface area contributed by atoms with Crippen molar-refractivity contribution in [1.29, 1.82) is 0 Å². The summed E-state index contributed by atoms with van der Waals surface area (Å²) >= 11 is 1.16. The molecule has 0 amide bonds. The molecule has 0 spiro atoms. The average molecular weight is 294 g/mol. The van der Waals surface area contributed by atoms with Crippen molar-refractivity contribution in [2.24, 2.45) is 0 Å². The zero-order chi connectivity index (χ0) is 14.9. The maximum absolute atomic E-state index is 11.6. The van der Waals surface area contributed by atoms with E-state index in [0.29, 0.717) is 15.9 Å². The molecule has 2 N–H and O–H groups in total. The van der Waals surface area contributed by atoms with E-state index in [2.05, 4.69) is 15.2 Å². The van der Waals surface area contributed by atoms with E-state index >= 15 is 0 Å². The van der Waals surface area contributed by atoms with Gasteiger partial charge in [0.1, 0.15) is 5.03 Å². The fraction of sp³-hybridized carbons (Fsp3) is 0.333. The Hall–Kier alpha value is -2.09. The standard InChI is InChI=1S/C12H14N4O3S/c1-6(2)16-11(19)14-15-12(16)20-9-5-8(10(17)18)4-7(3)13-9/h4-6H,1-3H3,(H,14,19)(H,17,18). The maximum Gasteiger partial charge on any atom is 0.344 e. The van der Waals surface area contributed by atoms with Crippen molar-refractivity contribution < 1.29 is 9.90 Å². The Bertz CT molecular complexity index is 705. The number of nitrogens with one attached hydrogen (secondary N) is 1. The Kier molecular flexibility index (Phi) is 3.93. The van der Waals surface area contributed by atoms with Crippen LogP contribution in [-0.4, -0.2) is 30.8 Å². The molecule has 0 fully saturated rings. The molecule has 0 aliphatic rings. The van der Waals surface area contributed by atoms with E-state index < -0.39 is 5.97 Å². The van der Waals surface area contributed by atoms with Gasteiger partial charge in [0.05, 0.1) is 5.56 Å². The maximum atomic E-state index is 11.6. The number of carbonyl (C=O) groups is 1. The third-order valence-electron chi connectivity index (χ3n) is 2.56. The molecular formula is C12H14N4O3S. The van der Waals surface area contributed by atoms with Gasteiger partial charge in [-0.3, -0.25) is 4.57 Å². The van der Waals surface area contributed by atoms with Gasteiger partial charge in [-0.2, -0.15) is 0 Å². The summed E-state index contributed by atoms with van der Waals surface area (Å²) in [5.41, 5.74) is 0.462. The SMILES string of the molecule is Cc1cc(C(=O)O)cc(Sc2n[nH]c(=O)n2C(C)C)n1. The molecule has 0 saturated carbocycles. The smallest absolute Gasteiger partial charge is 0.344 e. The molecule has 0 radical (unpaired) electrons. The summed E-state index contributed by atoms with van der Waals surface area (Å²) in [5.74, 6) is -1.01. The molecule has 0 atom stereocenters. The van der Waals surface area contributed by atoms with Crippen LogP contribution in [0.2, 0.25) is 0 Å². The lowest BCUT2D eigenvalue weighted by Crippen LogP contribution is -2.19. The molecule has 0 bridgehead atoms. The van der Waals surface area contributed by atoms with Gasteiger partial charge >= 0.3 is 11.7 Å². The number of carboxylic acid groups (broad SMARTS) is 1. The molecule has 2 rings (SSSR count). The first-order valence-corrected chi connectivity index (χ1v) is 6.77. The van der Waals surface area contributed by atoms with Gasteiger partial charge < -0.3 is 5.11 Å². The van der Waals surface area contributed by atoms with Crippen molar-refractivity contribution in [3.05, 3.63) is 33.9 Å². The zero-order valence-electron chi connectivity index (χ0n) is 11.2. The van der Waals surface area contributed by atoms with E-state index in [1.54, 1.807) is 6.92 Å². The van der Waals surface area contributed by atoms with E-state index in [-0.39, 0.29) is 17.3 Å². The van der Waals surface area contributed by atoms with Crippen LogP contribution >= 0.6 is 11.8 Å². The van der Waals surface area contributed by atoms with Crippen LogP contribution in [0.5, 0.6) is 0 Å². The van der Waals surface area contributed by atoms with Crippen LogP contribution in [0.15, 0.2) is 27.1 Å². The highest BCUT2D eigenvalue weighted by Crippen LogP contribution is 2.26. The lowest BCUT2D eigenvalue weighted by Gasteiger charge is -2.08. The van der Waals surface area contributed by atoms with Crippen molar-refractivity contribution in [3.8, 4) is 0 Å². The molecule has 8 heteroatoms. The van der Waals surface area contributed by atoms with E-state index in [4.69, 9.17) is 5.11 Å². The number of rotatable bonds is 4. The molecule has 0 unspecified atom stereocenters. The van der Waals surface area contributed by atoms with Gasteiger partial charge in [0.2, 0.25) is 0 Å². The van der Waals surface area contributed by atoms with Gasteiger partial charge in [0.15, 0.2) is 5.16 Å². The summed E-state index contributed by atoms with van der Waals surface area (Å²) < 4.78 is 1.50. The van der Waals surface area contributed by atoms with E-state index in [9.17, 15) is 9.59 Å². The van der Waals surface area contributed by atoms with Crippen LogP contribution in [-0.2, 0) is 0 Å². The second kappa shape index (κ2) is 5.49. The van der Waals surface area contributed by atoms with Gasteiger partial charge in [0.25, 0.3) is 0 Å². The Morgan fingerprint density at radius 1 is 1.45 bits per heavy atom. The highest BCUT2D eigenvalue weighted by atomic mass is 32.2. The minimum absolute atomic E-state index is 0.0486. The van der Waals surface area contributed by atoms with E-state index in [1.165, 1.54) is 16.7 Å². The molecule has 0 aliphatic heterocycles. The van der Waals surface area contributed by atoms with Crippen LogP contribution in [0.1, 0.15) is 35.9 Å². The quantitative estimate of drug-likeness (QED) is 0.890. The molecule has 2 aromatic rings. The van der Waals surface area contributed by atoms with Crippen molar-refractivity contribution >= 4 is 17.7 Å². The number of pyridine rings is 1. The van der Waals surface area contributed by atoms with E-state index in [0.717, 1.165) is 11.8 Å². The summed E-state index contributed by atoms with van der Waals surface area (Å²) in [7, 11) is 0. The number of hydrogen-bond donors (Lipinski definition) is 2. The number of nitrogens with zero attached hydrogens (tertiary/aromatic N) is 3. The van der Waals surface area contributed by atoms with Crippen molar-refractivity contribution in [2.45, 2.75) is 37.0 Å². The Labute approximate surface area is 119 Å². The van der Waals surface area contributed by atoms with Crippen LogP contribution in [0.25, 0.3) is 0 Å². The zero-order valence-corrected chi connectivity index (χ0v) is 12.1. The summed E-state index contributed by atoms with van der Waals surface area (Å²) in [6.45, 7) is 5.46. The third kappa shape index (κ3) is 2.90. The number of aromatic carboxylic acids is 1. The Morgan fingerprint density at radius 3 is 2.75 bits per heavy atom. The number of aromatic amines is 1. The van der Waals surface area contributed by atoms with Gasteiger partial charge in [-0.05, 0) is 44.7 Å². The van der Waals surface area contributed by atoms with Gasteiger partial charge in [0, 0.05) is 11.7 Å². The van der Waals surface area contributed by atoms with Crippen LogP contribution in [0.3, 0.4) is 0 Å². The number of aryl methyl sites for hydroxylation is 1. The summed E-state index contributed by atoms with van der Waals surface area (Å²) in [6.07, 6.45) is 0. The first-order chi connectivity index (χ1) is 9.38. The topological polar surface area (TPSA) is 101 Å². The number of H-pyrrole nitrogens is 1. The minimum atomic E-state index is -1.01. The number of aromatic nitrogens is 4. The van der Waals surface area contributed by atoms with Gasteiger partial charge in [-0.25, -0.2) is 19.7 Å². The fourth-order valence-electron chi connectivity index (χ4n) is 1.73. The molecule has 0 saturated heterocycles. The minimum Gasteiger partial charge on any atom is -0.478 e. The van der Waals surface area contributed by atoms with Gasteiger partial charge in [-0.15, -0.1) is 5.10 Å². The second-order valence-corrected chi connectivity index (χ2v) is 5.51. The Morgan fingerprint density at radius 2 is 2.15 bits per heavy atom. The number of hydrogen-bond acceptors (Lipinski definition) is 5. The lowest BCUT2D eigenvalue weighted by molar-refractivity contribution is 0.0696. The summed E-state index contributed by atoms with van der Waals surface area (Å²) in [5, 5.41) is 16.3. The van der Waals surface area contributed by atoms with Crippen LogP contribution in [0.4, 0.5) is 0 Å². The third-order valence-corrected chi connectivity index (χ3v) is 3.45. The predicted molar refractivity (Wildman–Crippen MR) is 73.3 cm³/mol. The second-order valence-electron chi connectivity index (χ2n) is 4.52. The molecule has 20 heavy (non-hydrogen) atoms.